The van der Waals surface area contributed by atoms with Crippen LogP contribution in [0.2, 0.25) is 0 Å². The molecular formula is C14H16ClNO2. The maximum Gasteiger partial charge on any atom is 0.339 e. The summed E-state index contributed by atoms with van der Waals surface area (Å²) < 4.78 is 4.77. The predicted octanol–water partition coefficient (Wildman–Crippen LogP) is 2.43. The standard InChI is InChI=1S/C14H16ClNO2/c1-18-14(17)9-6-7-11-12(13(9)15)8-4-2-3-5-10(8)16-11/h6-7,10-11,16H,2-5H2,1H3. The van der Waals surface area contributed by atoms with Crippen LogP contribution in [0, 0.1) is 0 Å². The minimum atomic E-state index is -0.359. The molecule has 0 aromatic heterocycles. The lowest BCUT2D eigenvalue weighted by Crippen LogP contribution is -2.33. The monoisotopic (exact) mass is 265 g/mol. The molecular weight excluding hydrogens is 250 g/mol. The van der Waals surface area contributed by atoms with Gasteiger partial charge in [-0.3, -0.25) is 0 Å². The SMILES string of the molecule is COC(=O)C1=C(Cl)C2=C3CCCCC3NC2C=C1. The van der Waals surface area contributed by atoms with E-state index in [2.05, 4.69) is 5.32 Å². The van der Waals surface area contributed by atoms with Crippen LogP contribution in [-0.2, 0) is 9.53 Å². The Labute approximate surface area is 112 Å². The molecule has 1 fully saturated rings. The van der Waals surface area contributed by atoms with Gasteiger partial charge in [-0.25, -0.2) is 4.79 Å². The molecule has 3 nitrogen and oxygen atoms in total. The van der Waals surface area contributed by atoms with Crippen molar-refractivity contribution in [2.24, 2.45) is 0 Å². The number of esters is 1. The minimum Gasteiger partial charge on any atom is -0.465 e. The van der Waals surface area contributed by atoms with Crippen molar-refractivity contribution in [3.05, 3.63) is 33.9 Å². The molecule has 1 saturated carbocycles. The summed E-state index contributed by atoms with van der Waals surface area (Å²) in [7, 11) is 1.38. The van der Waals surface area contributed by atoms with Gasteiger partial charge in [0.1, 0.15) is 0 Å². The Hall–Kier alpha value is -1.06. The number of carbonyl (C=O) groups excluding carboxylic acids is 1. The van der Waals surface area contributed by atoms with E-state index in [9.17, 15) is 4.79 Å². The van der Waals surface area contributed by atoms with E-state index in [4.69, 9.17) is 16.3 Å². The summed E-state index contributed by atoms with van der Waals surface area (Å²) in [4.78, 5) is 11.7. The summed E-state index contributed by atoms with van der Waals surface area (Å²) in [6, 6.07) is 0.609. The average Bonchev–Trinajstić information content (AvgIpc) is 2.77. The molecule has 1 heterocycles. The molecule has 2 unspecified atom stereocenters. The molecule has 2 atom stereocenters. The van der Waals surface area contributed by atoms with E-state index in [1.54, 1.807) is 6.08 Å². The Morgan fingerprint density at radius 1 is 1.50 bits per heavy atom. The molecule has 0 amide bonds. The van der Waals surface area contributed by atoms with Gasteiger partial charge in [-0.05, 0) is 36.5 Å². The van der Waals surface area contributed by atoms with Crippen molar-refractivity contribution in [1.82, 2.24) is 5.32 Å². The topological polar surface area (TPSA) is 38.3 Å². The number of hydrogen-bond acceptors (Lipinski definition) is 3. The summed E-state index contributed by atoms with van der Waals surface area (Å²) in [6.07, 6.45) is 8.51. The first-order valence-corrected chi connectivity index (χ1v) is 6.76. The van der Waals surface area contributed by atoms with Crippen molar-refractivity contribution >= 4 is 17.6 Å². The second-order valence-electron chi connectivity index (χ2n) is 4.96. The maximum atomic E-state index is 11.7. The molecule has 2 aliphatic carbocycles. The highest BCUT2D eigenvalue weighted by Crippen LogP contribution is 2.41. The second-order valence-corrected chi connectivity index (χ2v) is 5.34. The van der Waals surface area contributed by atoms with Crippen LogP contribution in [0.15, 0.2) is 33.9 Å². The van der Waals surface area contributed by atoms with Crippen molar-refractivity contribution in [1.29, 1.82) is 0 Å². The van der Waals surface area contributed by atoms with E-state index < -0.39 is 0 Å². The number of ether oxygens (including phenoxy) is 1. The van der Waals surface area contributed by atoms with Gasteiger partial charge in [0.2, 0.25) is 0 Å². The summed E-state index contributed by atoms with van der Waals surface area (Å²) in [5.74, 6) is -0.359. The van der Waals surface area contributed by atoms with Crippen LogP contribution < -0.4 is 5.32 Å². The first-order valence-electron chi connectivity index (χ1n) is 6.38. The van der Waals surface area contributed by atoms with Crippen molar-refractivity contribution in [3.63, 3.8) is 0 Å². The predicted molar refractivity (Wildman–Crippen MR) is 70.2 cm³/mol. The highest BCUT2D eigenvalue weighted by Gasteiger charge is 2.37. The molecule has 3 aliphatic rings. The number of fused-ring (bicyclic) bond motifs is 2. The molecule has 0 bridgehead atoms. The zero-order valence-electron chi connectivity index (χ0n) is 10.3. The lowest BCUT2D eigenvalue weighted by molar-refractivity contribution is -0.135. The number of carbonyl (C=O) groups is 1. The van der Waals surface area contributed by atoms with Crippen LogP contribution >= 0.6 is 11.6 Å². The van der Waals surface area contributed by atoms with E-state index in [1.165, 1.54) is 31.9 Å². The molecule has 0 aromatic rings. The van der Waals surface area contributed by atoms with Crippen molar-refractivity contribution in [2.45, 2.75) is 37.8 Å². The highest BCUT2D eigenvalue weighted by molar-refractivity contribution is 6.35. The van der Waals surface area contributed by atoms with E-state index in [-0.39, 0.29) is 12.0 Å². The average molecular weight is 266 g/mol. The van der Waals surface area contributed by atoms with Gasteiger partial charge in [0.05, 0.1) is 23.8 Å². The van der Waals surface area contributed by atoms with Gasteiger partial charge in [-0.1, -0.05) is 24.1 Å². The van der Waals surface area contributed by atoms with Crippen LogP contribution in [0.3, 0.4) is 0 Å². The van der Waals surface area contributed by atoms with Crippen LogP contribution in [-0.4, -0.2) is 25.2 Å². The third-order valence-electron chi connectivity index (χ3n) is 3.98. The van der Waals surface area contributed by atoms with Gasteiger partial charge in [0, 0.05) is 6.04 Å². The zero-order valence-corrected chi connectivity index (χ0v) is 11.1. The minimum absolute atomic E-state index is 0.170. The van der Waals surface area contributed by atoms with Crippen LogP contribution in [0.1, 0.15) is 25.7 Å². The first kappa shape index (κ1) is 12.0. The summed E-state index contributed by atoms with van der Waals surface area (Å²) >= 11 is 6.41. The third-order valence-corrected chi connectivity index (χ3v) is 4.39. The van der Waals surface area contributed by atoms with Crippen LogP contribution in [0.5, 0.6) is 0 Å². The van der Waals surface area contributed by atoms with E-state index >= 15 is 0 Å². The molecule has 0 radical (unpaired) electrons. The quantitative estimate of drug-likeness (QED) is 0.740. The Balaban J connectivity index is 2.05. The van der Waals surface area contributed by atoms with Gasteiger partial charge >= 0.3 is 5.97 Å². The molecule has 0 aromatic carbocycles. The van der Waals surface area contributed by atoms with Gasteiger partial charge in [0.25, 0.3) is 0 Å². The summed E-state index contributed by atoms with van der Waals surface area (Å²) in [6.45, 7) is 0. The molecule has 1 aliphatic heterocycles. The van der Waals surface area contributed by atoms with Gasteiger partial charge < -0.3 is 10.1 Å². The molecule has 18 heavy (non-hydrogen) atoms. The van der Waals surface area contributed by atoms with E-state index in [0.717, 1.165) is 12.0 Å². The molecule has 0 spiro atoms. The molecule has 1 N–H and O–H groups in total. The van der Waals surface area contributed by atoms with Crippen molar-refractivity contribution < 1.29 is 9.53 Å². The van der Waals surface area contributed by atoms with Crippen LogP contribution in [0.25, 0.3) is 0 Å². The second kappa shape index (κ2) is 4.56. The molecule has 96 valence electrons. The fraction of sp³-hybridized carbons (Fsp3) is 0.500. The number of hydrogen-bond donors (Lipinski definition) is 1. The molecule has 0 saturated heterocycles. The third kappa shape index (κ3) is 1.73. The number of methoxy groups -OCH3 is 1. The van der Waals surface area contributed by atoms with Gasteiger partial charge in [0.15, 0.2) is 0 Å². The number of halogens is 1. The Bertz CT molecular complexity index is 490. The van der Waals surface area contributed by atoms with Gasteiger partial charge in [-0.2, -0.15) is 0 Å². The van der Waals surface area contributed by atoms with Gasteiger partial charge in [-0.15, -0.1) is 0 Å². The zero-order chi connectivity index (χ0) is 12.7. The lowest BCUT2D eigenvalue weighted by Gasteiger charge is -2.21. The highest BCUT2D eigenvalue weighted by atomic mass is 35.5. The smallest absolute Gasteiger partial charge is 0.339 e. The summed E-state index contributed by atoms with van der Waals surface area (Å²) in [5, 5.41) is 4.14. The van der Waals surface area contributed by atoms with Crippen molar-refractivity contribution in [3.8, 4) is 0 Å². The first-order chi connectivity index (χ1) is 8.72. The Morgan fingerprint density at radius 2 is 2.33 bits per heavy atom. The fourth-order valence-electron chi connectivity index (χ4n) is 3.13. The van der Waals surface area contributed by atoms with E-state index in [0.29, 0.717) is 16.6 Å². The summed E-state index contributed by atoms with van der Waals surface area (Å²) in [5.41, 5.74) is 2.98. The number of nitrogens with one attached hydrogen (secondary N) is 1. The van der Waals surface area contributed by atoms with Crippen LogP contribution in [0.4, 0.5) is 0 Å². The fourth-order valence-corrected chi connectivity index (χ4v) is 3.51. The Kier molecular flexibility index (Phi) is 3.04. The molecule has 3 rings (SSSR count). The lowest BCUT2D eigenvalue weighted by atomic mass is 9.87. The largest absolute Gasteiger partial charge is 0.465 e. The Morgan fingerprint density at radius 3 is 3.11 bits per heavy atom. The number of rotatable bonds is 1. The van der Waals surface area contributed by atoms with E-state index in [1.807, 2.05) is 6.08 Å². The van der Waals surface area contributed by atoms with Crippen molar-refractivity contribution in [2.75, 3.05) is 7.11 Å². The normalized spacial score (nSPS) is 30.3. The molecule has 4 heteroatoms. The maximum absolute atomic E-state index is 11.7.